The van der Waals surface area contributed by atoms with Crippen molar-refractivity contribution in [2.24, 2.45) is 0 Å². The molecule has 0 unspecified atom stereocenters. The Balaban J connectivity index is 0.894. The van der Waals surface area contributed by atoms with Crippen LogP contribution in [0, 0.1) is 0 Å². The summed E-state index contributed by atoms with van der Waals surface area (Å²) in [5, 5.41) is 9.58. The monoisotopic (exact) mass is 813 g/mol. The van der Waals surface area contributed by atoms with Gasteiger partial charge in [-0.15, -0.1) is 0 Å². The van der Waals surface area contributed by atoms with E-state index in [0.717, 1.165) is 78.2 Å². The van der Waals surface area contributed by atoms with Crippen molar-refractivity contribution in [2.45, 2.75) is 0 Å². The summed E-state index contributed by atoms with van der Waals surface area (Å²) < 4.78 is 0. The zero-order valence-electron chi connectivity index (χ0n) is 34.9. The molecule has 0 spiro atoms. The molecule has 0 N–H and O–H groups in total. The van der Waals surface area contributed by atoms with Gasteiger partial charge in [0.1, 0.15) is 0 Å². The number of rotatable bonds is 7. The van der Waals surface area contributed by atoms with Gasteiger partial charge in [0.25, 0.3) is 0 Å². The summed E-state index contributed by atoms with van der Waals surface area (Å²) in [5.74, 6) is 0.703. The number of aromatic nitrogens is 3. The summed E-state index contributed by atoms with van der Waals surface area (Å²) in [6.45, 7) is 0. The highest BCUT2D eigenvalue weighted by molar-refractivity contribution is 5.92. The van der Waals surface area contributed by atoms with E-state index in [4.69, 9.17) is 15.0 Å². The second-order valence-corrected chi connectivity index (χ2v) is 16.5. The number of hydrogen-bond acceptors (Lipinski definition) is 3. The largest absolute Gasteiger partial charge is 0.248 e. The Morgan fingerprint density at radius 2 is 0.453 bits per heavy atom. The molecule has 0 aliphatic heterocycles. The van der Waals surface area contributed by atoms with Crippen LogP contribution in [0.2, 0.25) is 0 Å². The number of pyridine rings is 1. The van der Waals surface area contributed by atoms with Gasteiger partial charge < -0.3 is 0 Å². The Labute approximate surface area is 371 Å². The summed E-state index contributed by atoms with van der Waals surface area (Å²) in [6.07, 6.45) is 0. The molecule has 10 aromatic carbocycles. The Morgan fingerprint density at radius 1 is 0.172 bits per heavy atom. The third-order valence-electron chi connectivity index (χ3n) is 12.4. The molecular weight excluding hydrogens is 775 g/mol. The smallest absolute Gasteiger partial charge is 0.160 e. The predicted octanol–water partition coefficient (Wildman–Crippen LogP) is 16.2. The van der Waals surface area contributed by atoms with Crippen LogP contribution in [-0.2, 0) is 0 Å². The zero-order chi connectivity index (χ0) is 42.4. The quantitative estimate of drug-likeness (QED) is 0.161. The van der Waals surface area contributed by atoms with Crippen molar-refractivity contribution in [1.29, 1.82) is 0 Å². The average molecular weight is 814 g/mol. The van der Waals surface area contributed by atoms with Crippen molar-refractivity contribution in [2.75, 3.05) is 0 Å². The van der Waals surface area contributed by atoms with Gasteiger partial charge in [0.2, 0.25) is 0 Å². The first kappa shape index (κ1) is 37.2. The van der Waals surface area contributed by atoms with E-state index < -0.39 is 0 Å². The molecule has 0 radical (unpaired) electrons. The molecule has 3 nitrogen and oxygen atoms in total. The normalized spacial score (nSPS) is 11.4. The van der Waals surface area contributed by atoms with Gasteiger partial charge in [0.15, 0.2) is 5.82 Å². The molecule has 298 valence electrons. The van der Waals surface area contributed by atoms with Crippen LogP contribution in [0.15, 0.2) is 237 Å². The lowest BCUT2D eigenvalue weighted by molar-refractivity contribution is 1.18. The molecule has 2 aromatic heterocycles. The van der Waals surface area contributed by atoms with Gasteiger partial charge in [-0.3, -0.25) is 0 Å². The van der Waals surface area contributed by atoms with Gasteiger partial charge in [-0.05, 0) is 108 Å². The predicted molar refractivity (Wildman–Crippen MR) is 268 cm³/mol. The third-order valence-corrected chi connectivity index (χ3v) is 12.4. The first-order chi connectivity index (χ1) is 31.6. The molecule has 12 rings (SSSR count). The van der Waals surface area contributed by atoms with E-state index in [2.05, 4.69) is 237 Å². The Hall–Kier alpha value is -8.53. The summed E-state index contributed by atoms with van der Waals surface area (Å²) >= 11 is 0. The van der Waals surface area contributed by atoms with Crippen LogP contribution in [0.4, 0.5) is 0 Å². The molecule has 12 aromatic rings. The molecule has 0 bridgehead atoms. The van der Waals surface area contributed by atoms with Crippen LogP contribution in [0.1, 0.15) is 0 Å². The number of hydrogen-bond donors (Lipinski definition) is 0. The van der Waals surface area contributed by atoms with Crippen LogP contribution >= 0.6 is 0 Å². The first-order valence-electron chi connectivity index (χ1n) is 21.7. The topological polar surface area (TPSA) is 38.7 Å². The van der Waals surface area contributed by atoms with E-state index in [1.165, 1.54) is 37.7 Å². The highest BCUT2D eigenvalue weighted by Gasteiger charge is 2.14. The molecule has 0 saturated carbocycles. The Morgan fingerprint density at radius 3 is 0.859 bits per heavy atom. The van der Waals surface area contributed by atoms with E-state index in [1.54, 1.807) is 0 Å². The van der Waals surface area contributed by atoms with E-state index >= 15 is 0 Å². The van der Waals surface area contributed by atoms with Crippen molar-refractivity contribution in [3.05, 3.63) is 237 Å². The first-order valence-corrected chi connectivity index (χ1v) is 21.7. The lowest BCUT2D eigenvalue weighted by Gasteiger charge is -2.13. The van der Waals surface area contributed by atoms with Gasteiger partial charge in [-0.25, -0.2) is 15.0 Å². The standard InChI is InChI=1S/C61H39N3/c1-5-13-48-33-52(29-23-40(48)9-1)57-37-56(38-58(62-57)53-30-24-41-10-2-6-14-49(41)34-53)46-19-17-44(18-20-46)45-21-27-47(28-22-45)59-39-60(54-31-25-42-11-3-7-15-50(42)35-54)64-61(63-59)55-32-26-43-12-4-8-16-51(43)36-55/h1-39H. The van der Waals surface area contributed by atoms with Crippen molar-refractivity contribution in [3.8, 4) is 78.7 Å². The fourth-order valence-electron chi connectivity index (χ4n) is 8.93. The maximum atomic E-state index is 5.27. The summed E-state index contributed by atoms with van der Waals surface area (Å²) in [6, 6.07) is 84.3. The van der Waals surface area contributed by atoms with Crippen molar-refractivity contribution >= 4 is 43.1 Å². The van der Waals surface area contributed by atoms with Gasteiger partial charge >= 0.3 is 0 Å². The summed E-state index contributed by atoms with van der Waals surface area (Å²) in [4.78, 5) is 15.6. The van der Waals surface area contributed by atoms with Crippen molar-refractivity contribution in [3.63, 3.8) is 0 Å². The molecule has 0 amide bonds. The van der Waals surface area contributed by atoms with Gasteiger partial charge in [-0.2, -0.15) is 0 Å². The summed E-state index contributed by atoms with van der Waals surface area (Å²) in [7, 11) is 0. The zero-order valence-corrected chi connectivity index (χ0v) is 34.9. The molecule has 2 heterocycles. The van der Waals surface area contributed by atoms with Crippen LogP contribution < -0.4 is 0 Å². The maximum Gasteiger partial charge on any atom is 0.160 e. The molecule has 0 aliphatic carbocycles. The average Bonchev–Trinajstić information content (AvgIpc) is 3.38. The highest BCUT2D eigenvalue weighted by Crippen LogP contribution is 2.36. The second kappa shape index (κ2) is 15.7. The van der Waals surface area contributed by atoms with Gasteiger partial charge in [-0.1, -0.05) is 194 Å². The molecule has 3 heteroatoms. The molecule has 0 aliphatic rings. The van der Waals surface area contributed by atoms with Crippen LogP contribution in [-0.4, -0.2) is 15.0 Å². The van der Waals surface area contributed by atoms with Crippen LogP contribution in [0.5, 0.6) is 0 Å². The number of fused-ring (bicyclic) bond motifs is 4. The molecule has 64 heavy (non-hydrogen) atoms. The lowest BCUT2D eigenvalue weighted by atomic mass is 9.96. The third kappa shape index (κ3) is 7.15. The minimum atomic E-state index is 0.703. The molecule has 0 atom stereocenters. The Kier molecular flexibility index (Phi) is 9.16. The van der Waals surface area contributed by atoms with Crippen molar-refractivity contribution in [1.82, 2.24) is 15.0 Å². The van der Waals surface area contributed by atoms with E-state index in [0.29, 0.717) is 5.82 Å². The van der Waals surface area contributed by atoms with Crippen molar-refractivity contribution < 1.29 is 0 Å². The molecule has 0 saturated heterocycles. The lowest BCUT2D eigenvalue weighted by Crippen LogP contribution is -1.96. The highest BCUT2D eigenvalue weighted by atomic mass is 14.9. The fourth-order valence-corrected chi connectivity index (χ4v) is 8.93. The number of benzene rings is 10. The summed E-state index contributed by atoms with van der Waals surface area (Å²) in [5.41, 5.74) is 13.5. The maximum absolute atomic E-state index is 5.27. The van der Waals surface area contributed by atoms with E-state index in [-0.39, 0.29) is 0 Å². The van der Waals surface area contributed by atoms with E-state index in [1.807, 2.05) is 0 Å². The van der Waals surface area contributed by atoms with Crippen LogP contribution in [0.25, 0.3) is 122 Å². The molecular formula is C61H39N3. The fraction of sp³-hybridized carbons (Fsp3) is 0. The van der Waals surface area contributed by atoms with Gasteiger partial charge in [0.05, 0.1) is 22.8 Å². The van der Waals surface area contributed by atoms with Gasteiger partial charge in [0, 0.05) is 27.8 Å². The molecule has 0 fully saturated rings. The van der Waals surface area contributed by atoms with Crippen LogP contribution in [0.3, 0.4) is 0 Å². The van der Waals surface area contributed by atoms with E-state index in [9.17, 15) is 0 Å². The minimum Gasteiger partial charge on any atom is -0.248 e. The second-order valence-electron chi connectivity index (χ2n) is 16.5. The minimum absolute atomic E-state index is 0.703. The Bertz CT molecular complexity index is 3280. The SMILES string of the molecule is c1ccc2cc(-c3cc(-c4ccc(-c5ccc(-c6cc(-c7ccc8ccccc8c7)nc(-c7ccc8ccccc8c7)n6)cc5)cc4)cc(-c4ccc5ccccc5c4)n3)ccc2c1. The number of nitrogens with zero attached hydrogens (tertiary/aromatic N) is 3.